The smallest absolute Gasteiger partial charge is 0.119 e. The molecule has 1 atom stereocenters. The average Bonchev–Trinajstić information content (AvgIpc) is 2.03. The molecule has 0 amide bonds. The Morgan fingerprint density at radius 2 is 2.00 bits per heavy atom. The summed E-state index contributed by atoms with van der Waals surface area (Å²) in [5.41, 5.74) is 0. The first kappa shape index (κ1) is 8.41. The van der Waals surface area contributed by atoms with Gasteiger partial charge in [-0.15, -0.1) is 11.6 Å². The predicted octanol–water partition coefficient (Wildman–Crippen LogP) is 2.69. The molecule has 0 bridgehead atoms. The van der Waals surface area contributed by atoms with Gasteiger partial charge in [0.05, 0.1) is 5.38 Å². The Morgan fingerprint density at radius 1 is 1.36 bits per heavy atom. The number of para-hydroxylation sites is 1. The number of hydrogen-bond acceptors (Lipinski definition) is 1. The minimum absolute atomic E-state index is 0.0650. The van der Waals surface area contributed by atoms with Crippen LogP contribution >= 0.6 is 11.6 Å². The van der Waals surface area contributed by atoms with Gasteiger partial charge in [0.1, 0.15) is 12.4 Å². The number of alkyl halides is 1. The van der Waals surface area contributed by atoms with Crippen LogP contribution in [0, 0.1) is 0 Å². The van der Waals surface area contributed by atoms with E-state index in [2.05, 4.69) is 0 Å². The highest BCUT2D eigenvalue weighted by atomic mass is 35.5. The predicted molar refractivity (Wildman–Crippen MR) is 47.3 cm³/mol. The Balaban J connectivity index is 2.39. The molecule has 0 N–H and O–H groups in total. The van der Waals surface area contributed by atoms with E-state index in [4.69, 9.17) is 16.3 Å². The van der Waals surface area contributed by atoms with Gasteiger partial charge < -0.3 is 4.74 Å². The van der Waals surface area contributed by atoms with Gasteiger partial charge >= 0.3 is 0 Å². The molecule has 0 aliphatic heterocycles. The molecule has 0 aliphatic carbocycles. The fourth-order valence-electron chi connectivity index (χ4n) is 0.728. The van der Waals surface area contributed by atoms with E-state index in [1.54, 1.807) is 0 Å². The lowest BCUT2D eigenvalue weighted by Gasteiger charge is -2.05. The van der Waals surface area contributed by atoms with Crippen LogP contribution in [0.4, 0.5) is 0 Å². The van der Waals surface area contributed by atoms with E-state index in [0.29, 0.717) is 6.61 Å². The summed E-state index contributed by atoms with van der Waals surface area (Å²) in [5, 5.41) is 0.0650. The lowest BCUT2D eigenvalue weighted by atomic mass is 10.3. The SMILES string of the molecule is C[C@@H](Cl)COc1ccccc1. The van der Waals surface area contributed by atoms with E-state index in [1.807, 2.05) is 37.3 Å². The van der Waals surface area contributed by atoms with Crippen LogP contribution in [-0.4, -0.2) is 12.0 Å². The molecule has 60 valence electrons. The van der Waals surface area contributed by atoms with Crippen molar-refractivity contribution in [2.24, 2.45) is 0 Å². The maximum absolute atomic E-state index is 5.70. The molecule has 0 saturated heterocycles. The number of rotatable bonds is 3. The molecule has 0 heterocycles. The summed E-state index contributed by atoms with van der Waals surface area (Å²) in [6.07, 6.45) is 0. The van der Waals surface area contributed by atoms with Gasteiger partial charge in [-0.25, -0.2) is 0 Å². The van der Waals surface area contributed by atoms with Crippen LogP contribution in [0.1, 0.15) is 6.92 Å². The van der Waals surface area contributed by atoms with Gasteiger partial charge in [-0.2, -0.15) is 0 Å². The van der Waals surface area contributed by atoms with E-state index in [0.717, 1.165) is 5.75 Å². The molecular weight excluding hydrogens is 160 g/mol. The van der Waals surface area contributed by atoms with Crippen molar-refractivity contribution >= 4 is 11.6 Å². The van der Waals surface area contributed by atoms with Crippen LogP contribution in [0.25, 0.3) is 0 Å². The second kappa shape index (κ2) is 4.24. The fourth-order valence-corrected chi connectivity index (χ4v) is 0.791. The van der Waals surface area contributed by atoms with Crippen molar-refractivity contribution in [3.05, 3.63) is 30.3 Å². The van der Waals surface area contributed by atoms with Crippen molar-refractivity contribution in [2.75, 3.05) is 6.61 Å². The Labute approximate surface area is 71.9 Å². The summed E-state index contributed by atoms with van der Waals surface area (Å²) < 4.78 is 5.34. The Kier molecular flexibility index (Phi) is 3.24. The van der Waals surface area contributed by atoms with Gasteiger partial charge in [0.2, 0.25) is 0 Å². The topological polar surface area (TPSA) is 9.23 Å². The molecule has 0 spiro atoms. The third kappa shape index (κ3) is 3.28. The van der Waals surface area contributed by atoms with Crippen molar-refractivity contribution in [2.45, 2.75) is 12.3 Å². The third-order valence-electron chi connectivity index (χ3n) is 1.22. The molecule has 1 nitrogen and oxygen atoms in total. The molecule has 1 rings (SSSR count). The first-order valence-electron chi connectivity index (χ1n) is 3.61. The highest BCUT2D eigenvalue weighted by molar-refractivity contribution is 6.20. The molecule has 0 aromatic heterocycles. The summed E-state index contributed by atoms with van der Waals surface area (Å²) in [5.74, 6) is 0.875. The van der Waals surface area contributed by atoms with Gasteiger partial charge in [0, 0.05) is 0 Å². The van der Waals surface area contributed by atoms with Crippen LogP contribution in [-0.2, 0) is 0 Å². The fraction of sp³-hybridized carbons (Fsp3) is 0.333. The largest absolute Gasteiger partial charge is 0.492 e. The summed E-state index contributed by atoms with van der Waals surface area (Å²) in [6.45, 7) is 2.47. The van der Waals surface area contributed by atoms with Crippen LogP contribution in [0.3, 0.4) is 0 Å². The zero-order valence-corrected chi connectivity index (χ0v) is 7.21. The van der Waals surface area contributed by atoms with Gasteiger partial charge in [-0.1, -0.05) is 18.2 Å². The zero-order valence-electron chi connectivity index (χ0n) is 6.46. The molecular formula is C9H11ClO. The molecule has 0 radical (unpaired) electrons. The van der Waals surface area contributed by atoms with Crippen molar-refractivity contribution < 1.29 is 4.74 Å². The maximum Gasteiger partial charge on any atom is 0.119 e. The first-order chi connectivity index (χ1) is 5.29. The van der Waals surface area contributed by atoms with Crippen molar-refractivity contribution in [3.63, 3.8) is 0 Å². The standard InChI is InChI=1S/C9H11ClO/c1-8(10)7-11-9-5-3-2-4-6-9/h2-6,8H,7H2,1H3/t8-/m1/s1. The average molecular weight is 171 g/mol. The molecule has 2 heteroatoms. The highest BCUT2D eigenvalue weighted by Gasteiger charge is 1.96. The minimum atomic E-state index is 0.0650. The van der Waals surface area contributed by atoms with E-state index in [1.165, 1.54) is 0 Å². The maximum atomic E-state index is 5.70. The van der Waals surface area contributed by atoms with Crippen molar-refractivity contribution in [3.8, 4) is 5.75 Å². The van der Waals surface area contributed by atoms with Crippen LogP contribution in [0.15, 0.2) is 30.3 Å². The Bertz CT molecular complexity index is 196. The summed E-state index contributed by atoms with van der Waals surface area (Å²) in [6, 6.07) is 9.66. The Morgan fingerprint density at radius 3 is 2.55 bits per heavy atom. The Hall–Kier alpha value is -0.690. The zero-order chi connectivity index (χ0) is 8.10. The quantitative estimate of drug-likeness (QED) is 0.634. The number of ether oxygens (including phenoxy) is 1. The minimum Gasteiger partial charge on any atom is -0.492 e. The van der Waals surface area contributed by atoms with Crippen molar-refractivity contribution in [1.29, 1.82) is 0 Å². The molecule has 1 aromatic rings. The van der Waals surface area contributed by atoms with E-state index < -0.39 is 0 Å². The van der Waals surface area contributed by atoms with E-state index in [9.17, 15) is 0 Å². The normalized spacial score (nSPS) is 12.5. The molecule has 0 fully saturated rings. The lowest BCUT2D eigenvalue weighted by molar-refractivity contribution is 0.320. The molecule has 11 heavy (non-hydrogen) atoms. The van der Waals surface area contributed by atoms with E-state index in [-0.39, 0.29) is 5.38 Å². The second-order valence-electron chi connectivity index (χ2n) is 2.40. The molecule has 0 saturated carbocycles. The van der Waals surface area contributed by atoms with Gasteiger partial charge in [0.25, 0.3) is 0 Å². The van der Waals surface area contributed by atoms with Crippen LogP contribution in [0.2, 0.25) is 0 Å². The first-order valence-corrected chi connectivity index (χ1v) is 4.04. The number of benzene rings is 1. The summed E-state index contributed by atoms with van der Waals surface area (Å²) in [7, 11) is 0. The summed E-state index contributed by atoms with van der Waals surface area (Å²) >= 11 is 5.70. The summed E-state index contributed by atoms with van der Waals surface area (Å²) in [4.78, 5) is 0. The number of halogens is 1. The lowest BCUT2D eigenvalue weighted by Crippen LogP contribution is -2.06. The van der Waals surface area contributed by atoms with Crippen LogP contribution in [0.5, 0.6) is 5.75 Å². The number of hydrogen-bond donors (Lipinski definition) is 0. The highest BCUT2D eigenvalue weighted by Crippen LogP contribution is 2.09. The molecule has 1 aromatic carbocycles. The van der Waals surface area contributed by atoms with Gasteiger partial charge in [-0.05, 0) is 19.1 Å². The van der Waals surface area contributed by atoms with Gasteiger partial charge in [0.15, 0.2) is 0 Å². The monoisotopic (exact) mass is 170 g/mol. The second-order valence-corrected chi connectivity index (χ2v) is 3.15. The molecule has 0 aliphatic rings. The van der Waals surface area contributed by atoms with Crippen LogP contribution < -0.4 is 4.74 Å². The third-order valence-corrected chi connectivity index (χ3v) is 1.35. The van der Waals surface area contributed by atoms with Crippen molar-refractivity contribution in [1.82, 2.24) is 0 Å². The molecule has 0 unspecified atom stereocenters. The van der Waals surface area contributed by atoms with E-state index >= 15 is 0 Å². The van der Waals surface area contributed by atoms with Gasteiger partial charge in [-0.3, -0.25) is 0 Å².